The zero-order chi connectivity index (χ0) is 23.1. The van der Waals surface area contributed by atoms with Crippen molar-refractivity contribution in [3.8, 4) is 16.9 Å². The fourth-order valence-electron chi connectivity index (χ4n) is 2.86. The maximum Gasteiger partial charge on any atom is 0.293 e. The Morgan fingerprint density at radius 3 is 2.41 bits per heavy atom. The normalized spacial score (nSPS) is 11.9. The van der Waals surface area contributed by atoms with E-state index >= 15 is 0 Å². The highest BCUT2D eigenvalue weighted by molar-refractivity contribution is 6.30. The summed E-state index contributed by atoms with van der Waals surface area (Å²) in [6.45, 7) is -0.393. The van der Waals surface area contributed by atoms with Crippen molar-refractivity contribution in [1.82, 2.24) is 0 Å². The lowest BCUT2D eigenvalue weighted by atomic mass is 10.0. The van der Waals surface area contributed by atoms with Gasteiger partial charge in [0, 0.05) is 29.5 Å². The molecule has 0 saturated heterocycles. The third kappa shape index (κ3) is 5.72. The molecule has 0 bridgehead atoms. The van der Waals surface area contributed by atoms with Crippen molar-refractivity contribution in [1.29, 1.82) is 0 Å². The fourth-order valence-corrected chi connectivity index (χ4v) is 2.99. The first kappa shape index (κ1) is 23.0. The second kappa shape index (κ2) is 10.6. The van der Waals surface area contributed by atoms with Gasteiger partial charge in [-0.2, -0.15) is 0 Å². The Balaban J connectivity index is 1.83. The highest BCUT2D eigenvalue weighted by atomic mass is 35.5. The summed E-state index contributed by atoms with van der Waals surface area (Å²) in [6.07, 6.45) is 1.32. The number of ether oxygens (including phenoxy) is 1. The molecule has 0 aliphatic heterocycles. The van der Waals surface area contributed by atoms with E-state index in [0.717, 1.165) is 11.1 Å². The minimum absolute atomic E-state index is 0.0502. The molecule has 3 aromatic carbocycles. The van der Waals surface area contributed by atoms with Gasteiger partial charge in [0.05, 0.1) is 12.3 Å². The predicted octanol–water partition coefficient (Wildman–Crippen LogP) is 4.53. The highest BCUT2D eigenvalue weighted by Gasteiger charge is 2.17. The van der Waals surface area contributed by atoms with Gasteiger partial charge in [0.2, 0.25) is 5.76 Å². The molecular formula is C24H21ClFN3O3. The van der Waals surface area contributed by atoms with Crippen LogP contribution in [0.3, 0.4) is 0 Å². The van der Waals surface area contributed by atoms with E-state index in [1.54, 1.807) is 60.7 Å². The van der Waals surface area contributed by atoms with E-state index in [4.69, 9.17) is 22.1 Å². The summed E-state index contributed by atoms with van der Waals surface area (Å²) in [7, 11) is 1.53. The molecule has 0 heterocycles. The molecule has 0 saturated carbocycles. The van der Waals surface area contributed by atoms with Gasteiger partial charge in [0.25, 0.3) is 5.91 Å². The Morgan fingerprint density at radius 1 is 1.12 bits per heavy atom. The van der Waals surface area contributed by atoms with Gasteiger partial charge in [-0.25, -0.2) is 4.39 Å². The molecule has 8 heteroatoms. The summed E-state index contributed by atoms with van der Waals surface area (Å²) in [5.74, 6) is -0.778. The zero-order valence-corrected chi connectivity index (χ0v) is 17.9. The summed E-state index contributed by atoms with van der Waals surface area (Å²) in [5.41, 5.74) is 8.28. The van der Waals surface area contributed by atoms with Crippen LogP contribution in [-0.4, -0.2) is 24.3 Å². The Morgan fingerprint density at radius 2 is 1.78 bits per heavy atom. The van der Waals surface area contributed by atoms with Crippen molar-refractivity contribution in [3.05, 3.63) is 94.6 Å². The number of aliphatic hydroxyl groups is 1. The lowest BCUT2D eigenvalue weighted by Gasteiger charge is -2.13. The SMILES string of the molecule is CN=C/C(N)=C(/Oc1ccc(-c2ccc(F)c(CO)c2)cc1)C(=O)Nc1ccc(Cl)cc1. The van der Waals surface area contributed by atoms with Gasteiger partial charge in [-0.1, -0.05) is 29.8 Å². The van der Waals surface area contributed by atoms with Crippen LogP contribution in [0, 0.1) is 5.82 Å². The summed E-state index contributed by atoms with van der Waals surface area (Å²) < 4.78 is 19.4. The van der Waals surface area contributed by atoms with Crippen LogP contribution in [0.5, 0.6) is 5.75 Å². The Kier molecular flexibility index (Phi) is 7.59. The number of carbonyl (C=O) groups excluding carboxylic acids is 1. The number of aliphatic hydroxyl groups excluding tert-OH is 1. The van der Waals surface area contributed by atoms with Crippen molar-refractivity contribution >= 4 is 29.4 Å². The van der Waals surface area contributed by atoms with Crippen LogP contribution >= 0.6 is 11.6 Å². The first-order valence-electron chi connectivity index (χ1n) is 9.57. The third-order valence-electron chi connectivity index (χ3n) is 4.46. The quantitative estimate of drug-likeness (QED) is 0.278. The second-order valence-corrected chi connectivity index (χ2v) is 7.16. The molecule has 0 aliphatic carbocycles. The van der Waals surface area contributed by atoms with Crippen LogP contribution < -0.4 is 15.8 Å². The summed E-state index contributed by atoms with van der Waals surface area (Å²) >= 11 is 5.88. The van der Waals surface area contributed by atoms with Crippen molar-refractivity contribution in [3.63, 3.8) is 0 Å². The number of allylic oxidation sites excluding steroid dienone is 1. The van der Waals surface area contributed by atoms with E-state index in [9.17, 15) is 14.3 Å². The number of rotatable bonds is 7. The molecular weight excluding hydrogens is 433 g/mol. The summed E-state index contributed by atoms with van der Waals surface area (Å²) in [4.78, 5) is 16.6. The standard InChI is InChI=1S/C24H21ClFN3O3/c1-28-13-22(27)23(24(31)29-19-7-5-18(25)6-8-19)32-20-9-2-15(3-10-20)16-4-11-21(26)17(12-16)14-30/h2-13,30H,14,27H2,1H3,(H,29,31)/b23-22-,28-13?. The number of nitrogens with zero attached hydrogens (tertiary/aromatic N) is 1. The highest BCUT2D eigenvalue weighted by Crippen LogP contribution is 2.26. The maximum absolute atomic E-state index is 13.6. The van der Waals surface area contributed by atoms with Crippen LogP contribution in [0.4, 0.5) is 10.1 Å². The molecule has 0 atom stereocenters. The molecule has 32 heavy (non-hydrogen) atoms. The number of aliphatic imine (C=N–C) groups is 1. The number of hydrogen-bond donors (Lipinski definition) is 3. The largest absolute Gasteiger partial charge is 0.449 e. The van der Waals surface area contributed by atoms with Gasteiger partial charge in [-0.05, 0) is 59.7 Å². The molecule has 3 aromatic rings. The minimum Gasteiger partial charge on any atom is -0.449 e. The molecule has 0 fully saturated rings. The number of nitrogens with one attached hydrogen (secondary N) is 1. The van der Waals surface area contributed by atoms with E-state index < -0.39 is 18.3 Å². The second-order valence-electron chi connectivity index (χ2n) is 6.72. The molecule has 0 unspecified atom stereocenters. The van der Waals surface area contributed by atoms with Crippen molar-refractivity contribution < 1.29 is 19.0 Å². The maximum atomic E-state index is 13.6. The molecule has 164 valence electrons. The fraction of sp³-hybridized carbons (Fsp3) is 0.0833. The molecule has 0 radical (unpaired) electrons. The van der Waals surface area contributed by atoms with Gasteiger partial charge >= 0.3 is 0 Å². The Bertz CT molecular complexity index is 1160. The van der Waals surface area contributed by atoms with Gasteiger partial charge < -0.3 is 20.9 Å². The smallest absolute Gasteiger partial charge is 0.293 e. The lowest BCUT2D eigenvalue weighted by Crippen LogP contribution is -2.23. The van der Waals surface area contributed by atoms with E-state index in [1.807, 2.05) is 0 Å². The Hall–Kier alpha value is -3.68. The topological polar surface area (TPSA) is 96.9 Å². The monoisotopic (exact) mass is 453 g/mol. The van der Waals surface area contributed by atoms with Gasteiger partial charge in [0.15, 0.2) is 0 Å². The van der Waals surface area contributed by atoms with Crippen LogP contribution in [0.2, 0.25) is 5.02 Å². The summed E-state index contributed by atoms with van der Waals surface area (Å²) in [6, 6.07) is 17.9. The molecule has 0 aliphatic rings. The zero-order valence-electron chi connectivity index (χ0n) is 17.2. The number of carbonyl (C=O) groups is 1. The lowest BCUT2D eigenvalue weighted by molar-refractivity contribution is -0.114. The predicted molar refractivity (Wildman–Crippen MR) is 124 cm³/mol. The van der Waals surface area contributed by atoms with E-state index in [0.29, 0.717) is 16.5 Å². The van der Waals surface area contributed by atoms with Crippen molar-refractivity contribution in [2.24, 2.45) is 10.7 Å². The molecule has 4 N–H and O–H groups in total. The van der Waals surface area contributed by atoms with Crippen LogP contribution in [-0.2, 0) is 11.4 Å². The van der Waals surface area contributed by atoms with Crippen LogP contribution in [0.1, 0.15) is 5.56 Å². The molecule has 0 spiro atoms. The average Bonchev–Trinajstić information content (AvgIpc) is 2.80. The Labute approximate surface area is 189 Å². The number of halogens is 2. The number of hydrogen-bond acceptors (Lipinski definition) is 5. The first-order valence-corrected chi connectivity index (χ1v) is 9.95. The van der Waals surface area contributed by atoms with E-state index in [1.165, 1.54) is 19.3 Å². The van der Waals surface area contributed by atoms with E-state index in [-0.39, 0.29) is 17.0 Å². The molecule has 0 aromatic heterocycles. The number of nitrogens with two attached hydrogens (primary N) is 1. The van der Waals surface area contributed by atoms with Crippen LogP contribution in [0.25, 0.3) is 11.1 Å². The first-order chi connectivity index (χ1) is 15.4. The van der Waals surface area contributed by atoms with Gasteiger partial charge in [0.1, 0.15) is 11.6 Å². The number of benzene rings is 3. The number of anilines is 1. The third-order valence-corrected chi connectivity index (χ3v) is 4.71. The van der Waals surface area contributed by atoms with E-state index in [2.05, 4.69) is 10.3 Å². The minimum atomic E-state index is -0.556. The molecule has 3 rings (SSSR count). The van der Waals surface area contributed by atoms with Gasteiger partial charge in [-0.3, -0.25) is 9.79 Å². The summed E-state index contributed by atoms with van der Waals surface area (Å²) in [5, 5.41) is 12.5. The van der Waals surface area contributed by atoms with Crippen molar-refractivity contribution in [2.75, 3.05) is 12.4 Å². The molecule has 6 nitrogen and oxygen atoms in total. The van der Waals surface area contributed by atoms with Crippen LogP contribution in [0.15, 0.2) is 83.2 Å². The van der Waals surface area contributed by atoms with Gasteiger partial charge in [-0.15, -0.1) is 0 Å². The number of amides is 1. The van der Waals surface area contributed by atoms with Crippen molar-refractivity contribution in [2.45, 2.75) is 6.61 Å². The average molecular weight is 454 g/mol. The molecule has 1 amide bonds.